The van der Waals surface area contributed by atoms with Gasteiger partial charge in [-0.1, -0.05) is 29.3 Å². The molecule has 1 N–H and O–H groups in total. The third kappa shape index (κ3) is 4.98. The van der Waals surface area contributed by atoms with Crippen molar-refractivity contribution in [2.75, 3.05) is 29.9 Å². The topological polar surface area (TPSA) is 41.1 Å². The summed E-state index contributed by atoms with van der Waals surface area (Å²) >= 11 is 12.1. The lowest BCUT2D eigenvalue weighted by atomic mass is 10.1. The summed E-state index contributed by atoms with van der Waals surface area (Å²) < 4.78 is 0. The predicted molar refractivity (Wildman–Crippen MR) is 99.0 cm³/mol. The van der Waals surface area contributed by atoms with Crippen molar-refractivity contribution in [2.45, 2.75) is 27.2 Å². The van der Waals surface area contributed by atoms with Crippen molar-refractivity contribution >= 4 is 35.0 Å². The van der Waals surface area contributed by atoms with Crippen LogP contribution in [-0.4, -0.2) is 29.6 Å². The molecular formula is C17H22Cl2N4. The molecule has 0 aliphatic heterocycles. The van der Waals surface area contributed by atoms with Crippen molar-refractivity contribution in [3.8, 4) is 0 Å². The number of nitrogens with one attached hydrogen (secondary N) is 1. The zero-order chi connectivity index (χ0) is 16.8. The third-order valence-electron chi connectivity index (χ3n) is 3.62. The first-order chi connectivity index (χ1) is 11.0. The molecule has 2 rings (SSSR count). The lowest BCUT2D eigenvalue weighted by molar-refractivity contribution is 0.837. The van der Waals surface area contributed by atoms with Crippen LogP contribution in [0.5, 0.6) is 0 Å². The van der Waals surface area contributed by atoms with E-state index in [2.05, 4.69) is 34.0 Å². The summed E-state index contributed by atoms with van der Waals surface area (Å²) in [5.41, 5.74) is 2.01. The third-order valence-corrected chi connectivity index (χ3v) is 4.21. The van der Waals surface area contributed by atoms with Crippen molar-refractivity contribution in [1.29, 1.82) is 0 Å². The van der Waals surface area contributed by atoms with E-state index in [0.717, 1.165) is 36.6 Å². The first-order valence-electron chi connectivity index (χ1n) is 7.82. The van der Waals surface area contributed by atoms with E-state index in [0.29, 0.717) is 22.5 Å². The van der Waals surface area contributed by atoms with Gasteiger partial charge in [-0.3, -0.25) is 0 Å². The zero-order valence-corrected chi connectivity index (χ0v) is 15.2. The summed E-state index contributed by atoms with van der Waals surface area (Å²) in [5, 5.41) is 4.62. The number of hydrogen-bond acceptors (Lipinski definition) is 4. The molecule has 2 aromatic rings. The molecule has 23 heavy (non-hydrogen) atoms. The summed E-state index contributed by atoms with van der Waals surface area (Å²) in [5.74, 6) is 1.60. The van der Waals surface area contributed by atoms with Crippen LogP contribution in [0.2, 0.25) is 10.0 Å². The normalized spacial score (nSPS) is 10.7. The van der Waals surface area contributed by atoms with Crippen LogP contribution in [0.25, 0.3) is 0 Å². The Labute approximate surface area is 147 Å². The Kier molecular flexibility index (Phi) is 6.48. The number of benzene rings is 1. The summed E-state index contributed by atoms with van der Waals surface area (Å²) in [6.45, 7) is 8.78. The van der Waals surface area contributed by atoms with E-state index in [1.165, 1.54) is 0 Å². The first kappa shape index (κ1) is 17.8. The molecule has 0 saturated carbocycles. The average molecular weight is 353 g/mol. The lowest BCUT2D eigenvalue weighted by Gasteiger charge is -2.20. The number of hydrogen-bond donors (Lipinski definition) is 1. The molecule has 0 aliphatic rings. The van der Waals surface area contributed by atoms with Crippen LogP contribution in [-0.2, 0) is 6.42 Å². The summed E-state index contributed by atoms with van der Waals surface area (Å²) in [4.78, 5) is 11.2. The second-order valence-corrected chi connectivity index (χ2v) is 6.12. The number of anilines is 2. The monoisotopic (exact) mass is 352 g/mol. The fraction of sp³-hybridized carbons (Fsp3) is 0.412. The van der Waals surface area contributed by atoms with E-state index < -0.39 is 0 Å². The van der Waals surface area contributed by atoms with Crippen molar-refractivity contribution in [1.82, 2.24) is 9.97 Å². The molecule has 0 amide bonds. The maximum atomic E-state index is 6.19. The van der Waals surface area contributed by atoms with Crippen LogP contribution in [0.1, 0.15) is 25.1 Å². The molecule has 0 atom stereocenters. The van der Waals surface area contributed by atoms with Gasteiger partial charge in [0.25, 0.3) is 0 Å². The molecule has 0 fully saturated rings. The first-order valence-corrected chi connectivity index (χ1v) is 8.57. The van der Waals surface area contributed by atoms with Crippen LogP contribution in [0, 0.1) is 6.92 Å². The van der Waals surface area contributed by atoms with Crippen molar-refractivity contribution in [3.63, 3.8) is 0 Å². The molecule has 1 heterocycles. The average Bonchev–Trinajstić information content (AvgIpc) is 2.50. The van der Waals surface area contributed by atoms with Crippen molar-refractivity contribution in [3.05, 3.63) is 45.6 Å². The van der Waals surface area contributed by atoms with E-state index in [4.69, 9.17) is 23.2 Å². The lowest BCUT2D eigenvalue weighted by Crippen LogP contribution is -2.24. The van der Waals surface area contributed by atoms with Gasteiger partial charge in [0.15, 0.2) is 0 Å². The highest BCUT2D eigenvalue weighted by Crippen LogP contribution is 2.21. The Morgan fingerprint density at radius 1 is 1.09 bits per heavy atom. The van der Waals surface area contributed by atoms with E-state index in [-0.39, 0.29) is 0 Å². The maximum absolute atomic E-state index is 6.19. The number of halogens is 2. The van der Waals surface area contributed by atoms with Gasteiger partial charge < -0.3 is 10.2 Å². The predicted octanol–water partition coefficient (Wildman–Crippen LogP) is 4.59. The smallest absolute Gasteiger partial charge is 0.224 e. The fourth-order valence-electron chi connectivity index (χ4n) is 2.37. The Bertz CT molecular complexity index is 657. The van der Waals surface area contributed by atoms with Crippen LogP contribution in [0.15, 0.2) is 24.3 Å². The summed E-state index contributed by atoms with van der Waals surface area (Å²) in [7, 11) is 0. The van der Waals surface area contributed by atoms with Crippen LogP contribution < -0.4 is 10.2 Å². The van der Waals surface area contributed by atoms with Gasteiger partial charge in [0, 0.05) is 41.4 Å². The highest BCUT2D eigenvalue weighted by molar-refractivity contribution is 6.35. The van der Waals surface area contributed by atoms with Crippen molar-refractivity contribution < 1.29 is 0 Å². The highest BCUT2D eigenvalue weighted by Gasteiger charge is 2.08. The Morgan fingerprint density at radius 2 is 1.83 bits per heavy atom. The van der Waals surface area contributed by atoms with Gasteiger partial charge in [-0.05, 0) is 44.9 Å². The molecule has 0 aliphatic carbocycles. The van der Waals surface area contributed by atoms with Crippen LogP contribution in [0.4, 0.5) is 11.8 Å². The second kappa shape index (κ2) is 8.37. The highest BCUT2D eigenvalue weighted by atomic mass is 35.5. The van der Waals surface area contributed by atoms with Gasteiger partial charge in [-0.2, -0.15) is 4.98 Å². The molecule has 124 valence electrons. The van der Waals surface area contributed by atoms with Crippen molar-refractivity contribution in [2.24, 2.45) is 0 Å². The van der Waals surface area contributed by atoms with E-state index >= 15 is 0 Å². The quantitative estimate of drug-likeness (QED) is 0.790. The van der Waals surface area contributed by atoms with E-state index in [9.17, 15) is 0 Å². The molecule has 0 spiro atoms. The number of aromatic nitrogens is 2. The molecule has 1 aromatic heterocycles. The minimum atomic E-state index is 0.650. The van der Waals surface area contributed by atoms with Gasteiger partial charge in [0.1, 0.15) is 5.82 Å². The molecule has 0 bridgehead atoms. The summed E-state index contributed by atoms with van der Waals surface area (Å²) in [6, 6.07) is 7.57. The minimum Gasteiger partial charge on any atom is -0.357 e. The Hall–Kier alpha value is -1.52. The van der Waals surface area contributed by atoms with Gasteiger partial charge in [0.05, 0.1) is 0 Å². The molecule has 0 saturated heterocycles. The SMILES string of the molecule is CCN(CC)c1cc(C)nc(NCCc2ccc(Cl)cc2Cl)n1. The molecule has 0 radical (unpaired) electrons. The molecular weight excluding hydrogens is 331 g/mol. The molecule has 1 aromatic carbocycles. The van der Waals surface area contributed by atoms with Crippen LogP contribution >= 0.6 is 23.2 Å². The fourth-order valence-corrected chi connectivity index (χ4v) is 2.88. The Morgan fingerprint density at radius 3 is 2.48 bits per heavy atom. The number of rotatable bonds is 7. The zero-order valence-electron chi connectivity index (χ0n) is 13.7. The maximum Gasteiger partial charge on any atom is 0.224 e. The molecule has 6 heteroatoms. The second-order valence-electron chi connectivity index (χ2n) is 5.28. The van der Waals surface area contributed by atoms with E-state index in [1.807, 2.05) is 25.1 Å². The van der Waals surface area contributed by atoms with Crippen LogP contribution in [0.3, 0.4) is 0 Å². The molecule has 4 nitrogen and oxygen atoms in total. The number of nitrogens with zero attached hydrogens (tertiary/aromatic N) is 3. The van der Waals surface area contributed by atoms with E-state index in [1.54, 1.807) is 6.07 Å². The van der Waals surface area contributed by atoms with Gasteiger partial charge in [-0.15, -0.1) is 0 Å². The van der Waals surface area contributed by atoms with Gasteiger partial charge in [-0.25, -0.2) is 4.98 Å². The largest absolute Gasteiger partial charge is 0.357 e. The van der Waals surface area contributed by atoms with Gasteiger partial charge >= 0.3 is 0 Å². The molecule has 0 unspecified atom stereocenters. The standard InChI is InChI=1S/C17H22Cl2N4/c1-4-23(5-2)16-10-12(3)21-17(22-16)20-9-8-13-6-7-14(18)11-15(13)19/h6-7,10-11H,4-5,8-9H2,1-3H3,(H,20,21,22). The Balaban J connectivity index is 2.02. The number of aryl methyl sites for hydroxylation is 1. The summed E-state index contributed by atoms with van der Waals surface area (Å²) in [6.07, 6.45) is 0.786. The minimum absolute atomic E-state index is 0.650. The van der Waals surface area contributed by atoms with Gasteiger partial charge in [0.2, 0.25) is 5.95 Å².